The molecule has 0 radical (unpaired) electrons. The van der Waals surface area contributed by atoms with E-state index in [1.54, 1.807) is 10.7 Å². The van der Waals surface area contributed by atoms with Gasteiger partial charge in [-0.3, -0.25) is 9.59 Å². The third kappa shape index (κ3) is 4.92. The van der Waals surface area contributed by atoms with Crippen LogP contribution >= 0.6 is 0 Å². The van der Waals surface area contributed by atoms with Crippen molar-refractivity contribution >= 4 is 28.5 Å². The first-order valence-electron chi connectivity index (χ1n) is 11.2. The summed E-state index contributed by atoms with van der Waals surface area (Å²) >= 11 is 0. The summed E-state index contributed by atoms with van der Waals surface area (Å²) in [5.41, 5.74) is 2.84. The molecule has 2 aromatic heterocycles. The molecule has 4 rings (SSSR count). The van der Waals surface area contributed by atoms with Gasteiger partial charge in [0.25, 0.3) is 5.91 Å². The van der Waals surface area contributed by atoms with Crippen LogP contribution in [-0.2, 0) is 4.79 Å². The van der Waals surface area contributed by atoms with Crippen molar-refractivity contribution in [3.63, 3.8) is 0 Å². The minimum absolute atomic E-state index is 0.258. The highest BCUT2D eigenvalue weighted by molar-refractivity contribution is 6.00. The number of hydrogen-bond donors (Lipinski definition) is 2. The van der Waals surface area contributed by atoms with Gasteiger partial charge in [0.05, 0.1) is 39.1 Å². The van der Waals surface area contributed by atoms with Gasteiger partial charge < -0.3 is 24.8 Å². The molecule has 0 saturated carbocycles. The minimum atomic E-state index is -0.471. The highest BCUT2D eigenvalue weighted by atomic mass is 16.5. The number of fused-ring (bicyclic) bond motifs is 1. The Labute approximate surface area is 208 Å². The summed E-state index contributed by atoms with van der Waals surface area (Å²) in [6.07, 6.45) is 0. The number of anilines is 1. The van der Waals surface area contributed by atoms with E-state index in [1.165, 1.54) is 33.5 Å². The van der Waals surface area contributed by atoms with Crippen LogP contribution in [0.15, 0.2) is 48.5 Å². The molecule has 2 heterocycles. The molecular formula is C26H27N5O5. The molecule has 186 valence electrons. The van der Waals surface area contributed by atoms with Gasteiger partial charge >= 0.3 is 0 Å². The van der Waals surface area contributed by atoms with Gasteiger partial charge in [-0.2, -0.15) is 9.78 Å². The molecule has 0 aliphatic heterocycles. The van der Waals surface area contributed by atoms with Gasteiger partial charge in [0.2, 0.25) is 11.7 Å². The minimum Gasteiger partial charge on any atom is -0.493 e. The number of pyridine rings is 1. The second-order valence-corrected chi connectivity index (χ2v) is 8.04. The van der Waals surface area contributed by atoms with Gasteiger partial charge in [0.15, 0.2) is 17.3 Å². The summed E-state index contributed by atoms with van der Waals surface area (Å²) in [6.45, 7) is 3.57. The maximum absolute atomic E-state index is 12.7. The Morgan fingerprint density at radius 2 is 1.64 bits per heavy atom. The van der Waals surface area contributed by atoms with Crippen LogP contribution in [0.5, 0.6) is 17.2 Å². The van der Waals surface area contributed by atoms with Crippen LogP contribution < -0.4 is 24.8 Å². The van der Waals surface area contributed by atoms with Crippen LogP contribution in [0.1, 0.15) is 21.6 Å². The molecule has 0 spiro atoms. The summed E-state index contributed by atoms with van der Waals surface area (Å²) in [7, 11) is 4.40. The van der Waals surface area contributed by atoms with Crippen molar-refractivity contribution < 1.29 is 23.8 Å². The Balaban J connectivity index is 1.50. The molecule has 0 aliphatic rings. The monoisotopic (exact) mass is 489 g/mol. The van der Waals surface area contributed by atoms with Crippen LogP contribution in [0.2, 0.25) is 0 Å². The fourth-order valence-electron chi connectivity index (χ4n) is 3.87. The molecule has 0 fully saturated rings. The number of hydrogen-bond acceptors (Lipinski definition) is 7. The van der Waals surface area contributed by atoms with E-state index in [2.05, 4.69) is 15.7 Å². The molecule has 0 bridgehead atoms. The Morgan fingerprint density at radius 1 is 0.944 bits per heavy atom. The zero-order valence-corrected chi connectivity index (χ0v) is 20.7. The number of para-hydroxylation sites is 1. The molecule has 0 atom stereocenters. The lowest BCUT2D eigenvalue weighted by atomic mass is 10.1. The van der Waals surface area contributed by atoms with E-state index in [9.17, 15) is 9.59 Å². The van der Waals surface area contributed by atoms with Crippen molar-refractivity contribution in [2.24, 2.45) is 0 Å². The predicted molar refractivity (Wildman–Crippen MR) is 135 cm³/mol. The molecule has 0 unspecified atom stereocenters. The molecule has 10 nitrogen and oxygen atoms in total. The number of carbonyl (C=O) groups is 2. The molecule has 0 saturated heterocycles. The lowest BCUT2D eigenvalue weighted by Gasteiger charge is -2.14. The van der Waals surface area contributed by atoms with Gasteiger partial charge in [0.1, 0.15) is 5.82 Å². The quantitative estimate of drug-likeness (QED) is 0.389. The fourth-order valence-corrected chi connectivity index (χ4v) is 3.87. The molecule has 2 aromatic carbocycles. The summed E-state index contributed by atoms with van der Waals surface area (Å²) < 4.78 is 17.4. The van der Waals surface area contributed by atoms with Gasteiger partial charge in [-0.05, 0) is 43.7 Å². The largest absolute Gasteiger partial charge is 0.493 e. The van der Waals surface area contributed by atoms with Crippen molar-refractivity contribution in [3.8, 4) is 23.1 Å². The second kappa shape index (κ2) is 10.3. The summed E-state index contributed by atoms with van der Waals surface area (Å²) in [6, 6.07) is 14.5. The molecular weight excluding hydrogens is 462 g/mol. The molecule has 4 aromatic rings. The van der Waals surface area contributed by atoms with E-state index in [0.717, 1.165) is 16.5 Å². The van der Waals surface area contributed by atoms with Crippen molar-refractivity contribution in [2.45, 2.75) is 13.8 Å². The Hall–Kier alpha value is -4.60. The Bertz CT molecular complexity index is 1420. The van der Waals surface area contributed by atoms with Gasteiger partial charge in [-0.25, -0.2) is 4.98 Å². The van der Waals surface area contributed by atoms with Gasteiger partial charge in [-0.1, -0.05) is 18.2 Å². The van der Waals surface area contributed by atoms with Crippen molar-refractivity contribution in [3.05, 3.63) is 65.4 Å². The topological polar surface area (TPSA) is 117 Å². The number of nitrogens with one attached hydrogen (secondary N) is 2. The number of benzene rings is 2. The lowest BCUT2D eigenvalue weighted by Crippen LogP contribution is -2.33. The maximum Gasteiger partial charge on any atom is 0.251 e. The number of nitrogens with zero attached hydrogens (tertiary/aromatic N) is 3. The van der Waals surface area contributed by atoms with E-state index in [-0.39, 0.29) is 12.1 Å². The Kier molecular flexibility index (Phi) is 7.05. The van der Waals surface area contributed by atoms with Gasteiger partial charge in [0, 0.05) is 17.0 Å². The molecule has 0 aliphatic carbocycles. The first-order valence-corrected chi connectivity index (χ1v) is 11.2. The average Bonchev–Trinajstić information content (AvgIpc) is 3.25. The van der Waals surface area contributed by atoms with Crippen LogP contribution in [-0.4, -0.2) is 54.5 Å². The maximum atomic E-state index is 12.7. The number of aryl methyl sites for hydroxylation is 2. The lowest BCUT2D eigenvalue weighted by molar-refractivity contribution is -0.115. The first-order chi connectivity index (χ1) is 17.3. The van der Waals surface area contributed by atoms with E-state index in [4.69, 9.17) is 19.2 Å². The average molecular weight is 490 g/mol. The fraction of sp³-hybridized carbons (Fsp3) is 0.231. The number of rotatable bonds is 8. The molecule has 36 heavy (non-hydrogen) atoms. The summed E-state index contributed by atoms with van der Waals surface area (Å²) in [5, 5.41) is 11.0. The van der Waals surface area contributed by atoms with Crippen LogP contribution in [0, 0.1) is 13.8 Å². The van der Waals surface area contributed by atoms with Crippen molar-refractivity contribution in [1.82, 2.24) is 20.1 Å². The number of ether oxygens (including phenoxy) is 3. The summed E-state index contributed by atoms with van der Waals surface area (Å²) in [4.78, 5) is 30.1. The summed E-state index contributed by atoms with van der Waals surface area (Å²) in [5.74, 6) is 1.18. The number of methoxy groups -OCH3 is 3. The zero-order valence-electron chi connectivity index (χ0n) is 20.7. The predicted octanol–water partition coefficient (Wildman–Crippen LogP) is 3.43. The van der Waals surface area contributed by atoms with Crippen LogP contribution in [0.4, 0.5) is 5.82 Å². The van der Waals surface area contributed by atoms with E-state index < -0.39 is 11.8 Å². The second-order valence-electron chi connectivity index (χ2n) is 8.04. The van der Waals surface area contributed by atoms with Gasteiger partial charge in [-0.15, -0.1) is 0 Å². The van der Waals surface area contributed by atoms with Crippen molar-refractivity contribution in [1.29, 1.82) is 0 Å². The number of carbonyl (C=O) groups excluding carboxylic acids is 2. The zero-order chi connectivity index (χ0) is 25.8. The standard InChI is InChI=1S/C26H27N5O5/c1-15-10-22(28-19-9-7-6-8-18(15)19)31-23(11-16(2)30-31)29-24(32)14-27-26(33)17-12-20(34-3)25(36-5)21(13-17)35-4/h6-13H,14H2,1-5H3,(H,27,33)(H,29,32). The number of amides is 2. The van der Waals surface area contributed by atoms with Crippen LogP contribution in [0.3, 0.4) is 0 Å². The highest BCUT2D eigenvalue weighted by Crippen LogP contribution is 2.38. The van der Waals surface area contributed by atoms with Crippen molar-refractivity contribution in [2.75, 3.05) is 33.2 Å². The normalized spacial score (nSPS) is 10.7. The molecule has 2 amide bonds. The Morgan fingerprint density at radius 3 is 2.31 bits per heavy atom. The third-order valence-corrected chi connectivity index (χ3v) is 5.56. The van der Waals surface area contributed by atoms with E-state index in [0.29, 0.717) is 34.6 Å². The third-order valence-electron chi connectivity index (χ3n) is 5.56. The molecule has 10 heteroatoms. The molecule has 2 N–H and O–H groups in total. The van der Waals surface area contributed by atoms with E-state index >= 15 is 0 Å². The van der Waals surface area contributed by atoms with E-state index in [1.807, 2.05) is 44.2 Å². The smallest absolute Gasteiger partial charge is 0.251 e. The van der Waals surface area contributed by atoms with Crippen LogP contribution in [0.25, 0.3) is 16.7 Å². The first kappa shape index (κ1) is 24.5. The number of aromatic nitrogens is 3. The SMILES string of the molecule is COc1cc(C(=O)NCC(=O)Nc2cc(C)nn2-c2cc(C)c3ccccc3n2)cc(OC)c1OC. The highest BCUT2D eigenvalue weighted by Gasteiger charge is 2.18.